The van der Waals surface area contributed by atoms with Crippen molar-refractivity contribution < 1.29 is 4.42 Å². The Morgan fingerprint density at radius 3 is 1.60 bits per heavy atom. The van der Waals surface area contributed by atoms with Gasteiger partial charge in [-0.05, 0) is 42.0 Å². The molecular weight excluding hydrogens is 717 g/mol. The van der Waals surface area contributed by atoms with E-state index in [1.54, 1.807) is 11.3 Å². The maximum Gasteiger partial charge on any atom is 0.164 e. The Labute approximate surface area is 330 Å². The summed E-state index contributed by atoms with van der Waals surface area (Å²) < 4.78 is 11.6. The van der Waals surface area contributed by atoms with Crippen molar-refractivity contribution >= 4 is 75.3 Å². The van der Waals surface area contributed by atoms with Gasteiger partial charge < -0.3 is 8.98 Å². The number of hydrogen-bond acceptors (Lipinski definition) is 5. The van der Waals surface area contributed by atoms with Crippen LogP contribution in [0.2, 0.25) is 0 Å². The molecule has 0 radical (unpaired) electrons. The smallest absolute Gasteiger partial charge is 0.164 e. The second-order valence-electron chi connectivity index (χ2n) is 14.3. The number of hydrogen-bond donors (Lipinski definition) is 0. The van der Waals surface area contributed by atoms with E-state index in [4.69, 9.17) is 19.4 Å². The van der Waals surface area contributed by atoms with Crippen molar-refractivity contribution in [1.29, 1.82) is 0 Å². The van der Waals surface area contributed by atoms with Crippen LogP contribution in [0, 0.1) is 0 Å². The molecule has 4 aromatic heterocycles. The van der Waals surface area contributed by atoms with Gasteiger partial charge >= 0.3 is 0 Å². The van der Waals surface area contributed by atoms with Gasteiger partial charge in [-0.25, -0.2) is 15.0 Å². The van der Waals surface area contributed by atoms with Crippen LogP contribution >= 0.6 is 11.3 Å². The first kappa shape index (κ1) is 31.9. The third kappa shape index (κ3) is 4.98. The lowest BCUT2D eigenvalue weighted by Crippen LogP contribution is -2.00. The molecule has 0 amide bonds. The third-order valence-electron chi connectivity index (χ3n) is 11.1. The standard InChI is InChI=1S/C51H30N4OS/c1-3-14-31(15-4-1)49-52-50(32-16-5-2-6-17-32)54-51(53-49)40-23-13-27-45-47(40)46-37(20-12-26-44(46)57-45)39-22-11-21-38-36-29-28-33(30-43(36)56-48(38)39)55-41-24-9-7-18-34(41)35-19-8-10-25-42(35)55/h1-30H. The summed E-state index contributed by atoms with van der Waals surface area (Å²) in [6, 6.07) is 63.6. The Hall–Kier alpha value is -7.41. The fraction of sp³-hybridized carbons (Fsp3) is 0. The second-order valence-corrected chi connectivity index (χ2v) is 15.4. The van der Waals surface area contributed by atoms with Gasteiger partial charge in [0.15, 0.2) is 17.5 Å². The number of para-hydroxylation sites is 3. The van der Waals surface area contributed by atoms with Crippen LogP contribution in [-0.2, 0) is 0 Å². The van der Waals surface area contributed by atoms with E-state index in [0.29, 0.717) is 17.5 Å². The van der Waals surface area contributed by atoms with Crippen LogP contribution < -0.4 is 0 Å². The number of furan rings is 1. The first-order valence-electron chi connectivity index (χ1n) is 19.0. The largest absolute Gasteiger partial charge is 0.455 e. The van der Waals surface area contributed by atoms with Crippen molar-refractivity contribution in [2.45, 2.75) is 0 Å². The Kier molecular flexibility index (Phi) is 7.03. The average Bonchev–Trinajstić information content (AvgIpc) is 3.96. The van der Waals surface area contributed by atoms with Crippen molar-refractivity contribution in [1.82, 2.24) is 19.5 Å². The van der Waals surface area contributed by atoms with E-state index in [-0.39, 0.29) is 0 Å². The molecule has 57 heavy (non-hydrogen) atoms. The quantitative estimate of drug-likeness (QED) is 0.176. The number of aromatic nitrogens is 4. The minimum Gasteiger partial charge on any atom is -0.455 e. The summed E-state index contributed by atoms with van der Waals surface area (Å²) >= 11 is 1.79. The van der Waals surface area contributed by atoms with Crippen LogP contribution in [0.3, 0.4) is 0 Å². The molecule has 4 heterocycles. The molecule has 0 aliphatic rings. The number of thiophene rings is 1. The summed E-state index contributed by atoms with van der Waals surface area (Å²) in [7, 11) is 0. The summed E-state index contributed by atoms with van der Waals surface area (Å²) in [6.07, 6.45) is 0. The molecule has 12 rings (SSSR count). The van der Waals surface area contributed by atoms with Gasteiger partial charge in [0.1, 0.15) is 11.2 Å². The molecule has 0 saturated carbocycles. The van der Waals surface area contributed by atoms with E-state index >= 15 is 0 Å². The molecule has 0 saturated heterocycles. The van der Waals surface area contributed by atoms with E-state index in [1.165, 1.54) is 31.2 Å². The van der Waals surface area contributed by atoms with E-state index in [0.717, 1.165) is 66.2 Å². The van der Waals surface area contributed by atoms with Crippen molar-refractivity contribution in [3.63, 3.8) is 0 Å². The van der Waals surface area contributed by atoms with E-state index in [2.05, 4.69) is 126 Å². The summed E-state index contributed by atoms with van der Waals surface area (Å²) in [6.45, 7) is 0. The highest BCUT2D eigenvalue weighted by Crippen LogP contribution is 2.46. The van der Waals surface area contributed by atoms with Crippen molar-refractivity contribution in [3.8, 4) is 51.0 Å². The first-order chi connectivity index (χ1) is 28.3. The van der Waals surface area contributed by atoms with E-state index in [9.17, 15) is 0 Å². The van der Waals surface area contributed by atoms with Crippen molar-refractivity contribution in [3.05, 3.63) is 182 Å². The fourth-order valence-electron chi connectivity index (χ4n) is 8.55. The zero-order valence-corrected chi connectivity index (χ0v) is 31.2. The molecule has 266 valence electrons. The lowest BCUT2D eigenvalue weighted by Gasteiger charge is -2.11. The van der Waals surface area contributed by atoms with Crippen molar-refractivity contribution in [2.24, 2.45) is 0 Å². The predicted octanol–water partition coefficient (Wildman–Crippen LogP) is 13.9. The number of rotatable bonds is 5. The molecule has 0 unspecified atom stereocenters. The monoisotopic (exact) mass is 746 g/mol. The molecule has 8 aromatic carbocycles. The minimum absolute atomic E-state index is 0.641. The molecule has 0 spiro atoms. The van der Waals surface area contributed by atoms with Gasteiger partial charge in [-0.3, -0.25) is 0 Å². The highest BCUT2D eigenvalue weighted by molar-refractivity contribution is 7.26. The van der Waals surface area contributed by atoms with Gasteiger partial charge in [0, 0.05) is 75.7 Å². The highest BCUT2D eigenvalue weighted by Gasteiger charge is 2.21. The second kappa shape index (κ2) is 12.6. The van der Waals surface area contributed by atoms with Crippen LogP contribution in [-0.4, -0.2) is 19.5 Å². The lowest BCUT2D eigenvalue weighted by molar-refractivity contribution is 0.670. The van der Waals surface area contributed by atoms with Gasteiger partial charge in [0.05, 0.1) is 11.0 Å². The van der Waals surface area contributed by atoms with Crippen molar-refractivity contribution in [2.75, 3.05) is 0 Å². The summed E-state index contributed by atoms with van der Waals surface area (Å²) in [5.74, 6) is 1.93. The molecule has 0 aliphatic carbocycles. The van der Waals surface area contributed by atoms with Gasteiger partial charge in [-0.2, -0.15) is 0 Å². The maximum atomic E-state index is 6.94. The fourth-order valence-corrected chi connectivity index (χ4v) is 9.70. The molecule has 0 fully saturated rings. The van der Waals surface area contributed by atoms with Crippen LogP contribution in [0.5, 0.6) is 0 Å². The molecule has 12 aromatic rings. The minimum atomic E-state index is 0.641. The molecule has 0 aliphatic heterocycles. The van der Waals surface area contributed by atoms with Gasteiger partial charge in [-0.15, -0.1) is 11.3 Å². The van der Waals surface area contributed by atoms with Crippen LogP contribution in [0.15, 0.2) is 186 Å². The molecule has 0 bridgehead atoms. The SMILES string of the molecule is c1ccc(-c2nc(-c3ccccc3)nc(-c3cccc4sc5cccc(-c6cccc7c6oc6cc(-n8c9ccccc9c9ccccc98)ccc67)c5c34)n2)cc1. The maximum absolute atomic E-state index is 6.94. The molecule has 0 N–H and O–H groups in total. The molecule has 0 atom stereocenters. The summed E-state index contributed by atoms with van der Waals surface area (Å²) in [4.78, 5) is 15.3. The first-order valence-corrected chi connectivity index (χ1v) is 19.8. The number of benzene rings is 8. The van der Waals surface area contributed by atoms with E-state index in [1.807, 2.05) is 60.7 Å². The molecule has 6 heteroatoms. The zero-order chi connectivity index (χ0) is 37.5. The van der Waals surface area contributed by atoms with Crippen LogP contribution in [0.25, 0.3) is 115 Å². The highest BCUT2D eigenvalue weighted by atomic mass is 32.1. The van der Waals surface area contributed by atoms with Crippen LogP contribution in [0.1, 0.15) is 0 Å². The molecular formula is C51H30N4OS. The van der Waals surface area contributed by atoms with Gasteiger partial charge in [-0.1, -0.05) is 140 Å². The van der Waals surface area contributed by atoms with Gasteiger partial charge in [0.25, 0.3) is 0 Å². The topological polar surface area (TPSA) is 56.7 Å². The summed E-state index contributed by atoms with van der Waals surface area (Å²) in [5.41, 5.74) is 10.2. The zero-order valence-electron chi connectivity index (χ0n) is 30.4. The summed E-state index contributed by atoms with van der Waals surface area (Å²) in [5, 5.41) is 6.94. The number of nitrogens with zero attached hydrogens (tertiary/aromatic N) is 4. The third-order valence-corrected chi connectivity index (χ3v) is 12.2. The van der Waals surface area contributed by atoms with Crippen LogP contribution in [0.4, 0.5) is 0 Å². The molecule has 5 nitrogen and oxygen atoms in total. The predicted molar refractivity (Wildman–Crippen MR) is 236 cm³/mol. The van der Waals surface area contributed by atoms with E-state index < -0.39 is 0 Å². The van der Waals surface area contributed by atoms with Gasteiger partial charge in [0.2, 0.25) is 0 Å². The Balaban J connectivity index is 1.07. The Morgan fingerprint density at radius 2 is 0.930 bits per heavy atom. The Morgan fingerprint density at radius 1 is 0.404 bits per heavy atom. The lowest BCUT2D eigenvalue weighted by atomic mass is 9.95. The average molecular weight is 747 g/mol. The number of fused-ring (bicyclic) bond motifs is 9. The normalized spacial score (nSPS) is 11.9. The Bertz CT molecular complexity index is 3420.